The highest BCUT2D eigenvalue weighted by Gasteiger charge is 2.24. The molecular weight excluding hydrogens is 404 g/mol. The lowest BCUT2D eigenvalue weighted by atomic mass is 10.5. The summed E-state index contributed by atoms with van der Waals surface area (Å²) in [6.07, 6.45) is 3.18. The smallest absolute Gasteiger partial charge is 0.349 e. The molecule has 28 heavy (non-hydrogen) atoms. The van der Waals surface area contributed by atoms with Gasteiger partial charge in [0.2, 0.25) is 10.0 Å². The highest BCUT2D eigenvalue weighted by atomic mass is 32.2. The van der Waals surface area contributed by atoms with Gasteiger partial charge in [-0.25, -0.2) is 32.6 Å². The molecule has 0 saturated heterocycles. The van der Waals surface area contributed by atoms with Crippen LogP contribution in [0, 0.1) is 6.92 Å². The van der Waals surface area contributed by atoms with Crippen LogP contribution >= 0.6 is 11.3 Å². The molecule has 3 aromatic rings. The van der Waals surface area contributed by atoms with E-state index in [9.17, 15) is 13.2 Å². The van der Waals surface area contributed by atoms with Crippen LogP contribution in [0.5, 0.6) is 0 Å². The van der Waals surface area contributed by atoms with Gasteiger partial charge in [-0.15, -0.1) is 11.3 Å². The fourth-order valence-corrected chi connectivity index (χ4v) is 4.68. The number of thiophene rings is 1. The lowest BCUT2D eigenvalue weighted by molar-refractivity contribution is 0.0602. The van der Waals surface area contributed by atoms with Crippen molar-refractivity contribution in [3.8, 4) is 5.82 Å². The van der Waals surface area contributed by atoms with Crippen molar-refractivity contribution in [2.75, 3.05) is 25.5 Å². The monoisotopic (exact) mass is 422 g/mol. The van der Waals surface area contributed by atoms with Crippen LogP contribution in [0.4, 0.5) is 5.82 Å². The summed E-state index contributed by atoms with van der Waals surface area (Å²) >= 11 is 1.01. The number of hydrogen-bond acceptors (Lipinski definition) is 9. The SMILES string of the molecule is COC(=O)c1sccc1S(=O)(=O)NCCNc1cc(-n2ccc(C)n2)ncn1. The molecule has 0 fully saturated rings. The van der Waals surface area contributed by atoms with Gasteiger partial charge in [-0.2, -0.15) is 5.10 Å². The number of sulfonamides is 1. The summed E-state index contributed by atoms with van der Waals surface area (Å²) in [5.41, 5.74) is 0.863. The largest absolute Gasteiger partial charge is 0.465 e. The zero-order valence-electron chi connectivity index (χ0n) is 15.1. The standard InChI is InChI=1S/C16H18N6O4S2/c1-11-3-7-22(21-11)14-9-13(18-10-19-14)17-5-6-20-28(24,25)12-4-8-27-15(12)16(23)26-2/h3-4,7-10,20H,5-6H2,1-2H3,(H,17,18,19). The molecule has 0 spiro atoms. The molecule has 2 N–H and O–H groups in total. The van der Waals surface area contributed by atoms with E-state index in [-0.39, 0.29) is 22.9 Å². The van der Waals surface area contributed by atoms with Crippen molar-refractivity contribution >= 4 is 33.1 Å². The Bertz CT molecular complexity index is 1080. The molecule has 3 heterocycles. The zero-order chi connectivity index (χ0) is 20.1. The average Bonchev–Trinajstić information content (AvgIpc) is 3.34. The maximum atomic E-state index is 12.4. The predicted molar refractivity (Wildman–Crippen MR) is 103 cm³/mol. The van der Waals surface area contributed by atoms with Crippen molar-refractivity contribution in [1.82, 2.24) is 24.5 Å². The average molecular weight is 422 g/mol. The van der Waals surface area contributed by atoms with Crippen molar-refractivity contribution in [2.24, 2.45) is 0 Å². The Labute approximate surface area is 165 Å². The van der Waals surface area contributed by atoms with Gasteiger partial charge in [0.1, 0.15) is 21.9 Å². The van der Waals surface area contributed by atoms with Gasteiger partial charge in [0.15, 0.2) is 5.82 Å². The van der Waals surface area contributed by atoms with E-state index in [1.807, 2.05) is 13.0 Å². The Kier molecular flexibility index (Phi) is 6.02. The Morgan fingerprint density at radius 3 is 2.82 bits per heavy atom. The van der Waals surface area contributed by atoms with E-state index in [4.69, 9.17) is 0 Å². The third-order valence-corrected chi connectivity index (χ3v) is 6.15. The highest BCUT2D eigenvalue weighted by Crippen LogP contribution is 2.22. The van der Waals surface area contributed by atoms with E-state index in [0.717, 1.165) is 17.0 Å². The number of methoxy groups -OCH3 is 1. The number of aromatic nitrogens is 4. The number of rotatable bonds is 8. The minimum Gasteiger partial charge on any atom is -0.465 e. The summed E-state index contributed by atoms with van der Waals surface area (Å²) in [4.78, 5) is 19.9. The number of carbonyl (C=O) groups is 1. The number of hydrogen-bond donors (Lipinski definition) is 2. The maximum absolute atomic E-state index is 12.4. The number of anilines is 1. The molecule has 3 aromatic heterocycles. The maximum Gasteiger partial charge on any atom is 0.349 e. The van der Waals surface area contributed by atoms with Crippen LogP contribution < -0.4 is 10.0 Å². The lowest BCUT2D eigenvalue weighted by Gasteiger charge is -2.09. The normalized spacial score (nSPS) is 11.4. The molecule has 0 amide bonds. The van der Waals surface area contributed by atoms with E-state index in [2.05, 4.69) is 29.8 Å². The summed E-state index contributed by atoms with van der Waals surface area (Å²) < 4.78 is 33.5. The van der Waals surface area contributed by atoms with Crippen LogP contribution in [0.1, 0.15) is 15.4 Å². The molecule has 3 rings (SSSR count). The number of ether oxygens (including phenoxy) is 1. The Morgan fingerprint density at radius 1 is 1.29 bits per heavy atom. The molecule has 0 atom stereocenters. The van der Waals surface area contributed by atoms with Crippen molar-refractivity contribution < 1.29 is 17.9 Å². The number of nitrogens with one attached hydrogen (secondary N) is 2. The summed E-state index contributed by atoms with van der Waals surface area (Å²) in [6, 6.07) is 4.93. The lowest BCUT2D eigenvalue weighted by Crippen LogP contribution is -2.29. The van der Waals surface area contributed by atoms with E-state index < -0.39 is 16.0 Å². The first kappa shape index (κ1) is 19.9. The third-order valence-electron chi connectivity index (χ3n) is 3.62. The number of carbonyl (C=O) groups excluding carboxylic acids is 1. The molecule has 148 valence electrons. The van der Waals surface area contributed by atoms with Crippen LogP contribution in [0.15, 0.2) is 41.0 Å². The van der Waals surface area contributed by atoms with E-state index in [1.54, 1.807) is 16.9 Å². The van der Waals surface area contributed by atoms with Gasteiger partial charge < -0.3 is 10.1 Å². The first-order valence-corrected chi connectivity index (χ1v) is 10.5. The van der Waals surface area contributed by atoms with Gasteiger partial charge in [0, 0.05) is 25.4 Å². The van der Waals surface area contributed by atoms with Gasteiger partial charge in [-0.1, -0.05) is 0 Å². The molecule has 12 heteroatoms. The third kappa shape index (κ3) is 4.52. The van der Waals surface area contributed by atoms with Gasteiger partial charge >= 0.3 is 5.97 Å². The van der Waals surface area contributed by atoms with Crippen LogP contribution in [-0.2, 0) is 14.8 Å². The molecule has 0 aliphatic rings. The Balaban J connectivity index is 1.59. The molecule has 0 saturated carbocycles. The zero-order valence-corrected chi connectivity index (χ0v) is 16.7. The van der Waals surface area contributed by atoms with Gasteiger partial charge in [0.25, 0.3) is 0 Å². The molecule has 0 bridgehead atoms. The van der Waals surface area contributed by atoms with E-state index in [1.165, 1.54) is 24.9 Å². The second-order valence-corrected chi connectivity index (χ2v) is 8.24. The second kappa shape index (κ2) is 8.46. The van der Waals surface area contributed by atoms with Crippen LogP contribution in [-0.4, -0.2) is 54.3 Å². The minimum atomic E-state index is -3.83. The number of aryl methyl sites for hydroxylation is 1. The quantitative estimate of drug-likeness (QED) is 0.409. The molecule has 0 aliphatic carbocycles. The van der Waals surface area contributed by atoms with Gasteiger partial charge in [0.05, 0.1) is 12.8 Å². The molecular formula is C16H18N6O4S2. The van der Waals surface area contributed by atoms with Crippen LogP contribution in [0.2, 0.25) is 0 Å². The van der Waals surface area contributed by atoms with Crippen molar-refractivity contribution in [2.45, 2.75) is 11.8 Å². The molecule has 0 aliphatic heterocycles. The van der Waals surface area contributed by atoms with Crippen molar-refractivity contribution in [3.63, 3.8) is 0 Å². The van der Waals surface area contributed by atoms with Crippen LogP contribution in [0.25, 0.3) is 5.82 Å². The van der Waals surface area contributed by atoms with Crippen molar-refractivity contribution in [3.05, 3.63) is 46.7 Å². The van der Waals surface area contributed by atoms with Crippen molar-refractivity contribution in [1.29, 1.82) is 0 Å². The number of esters is 1. The molecule has 0 unspecified atom stereocenters. The predicted octanol–water partition coefficient (Wildman–Crippen LogP) is 1.21. The fourth-order valence-electron chi connectivity index (χ4n) is 2.32. The summed E-state index contributed by atoms with van der Waals surface area (Å²) in [5.74, 6) is 0.436. The van der Waals surface area contributed by atoms with Gasteiger partial charge in [-0.05, 0) is 24.4 Å². The summed E-state index contributed by atoms with van der Waals surface area (Å²) in [5, 5.41) is 8.83. The number of nitrogens with zero attached hydrogens (tertiary/aromatic N) is 4. The first-order chi connectivity index (χ1) is 13.4. The Morgan fingerprint density at radius 2 is 2.11 bits per heavy atom. The van der Waals surface area contributed by atoms with E-state index >= 15 is 0 Å². The highest BCUT2D eigenvalue weighted by molar-refractivity contribution is 7.89. The Hall–Kier alpha value is -2.83. The topological polar surface area (TPSA) is 128 Å². The van der Waals surface area contributed by atoms with E-state index in [0.29, 0.717) is 11.6 Å². The molecule has 10 nitrogen and oxygen atoms in total. The fraction of sp³-hybridized carbons (Fsp3) is 0.250. The van der Waals surface area contributed by atoms with Crippen LogP contribution in [0.3, 0.4) is 0 Å². The minimum absolute atomic E-state index is 0.0397. The molecule has 0 aromatic carbocycles. The molecule has 0 radical (unpaired) electrons. The first-order valence-electron chi connectivity index (χ1n) is 8.15. The summed E-state index contributed by atoms with van der Waals surface area (Å²) in [6.45, 7) is 2.26. The summed E-state index contributed by atoms with van der Waals surface area (Å²) in [7, 11) is -2.63. The second-order valence-electron chi connectivity index (χ2n) is 5.59. The van der Waals surface area contributed by atoms with Gasteiger partial charge in [-0.3, -0.25) is 0 Å².